The first-order valence-corrected chi connectivity index (χ1v) is 14.0. The van der Waals surface area contributed by atoms with Crippen LogP contribution in [0.5, 0.6) is 5.75 Å². The molecule has 38 heavy (non-hydrogen) atoms. The van der Waals surface area contributed by atoms with Crippen molar-refractivity contribution in [2.24, 2.45) is 5.92 Å². The van der Waals surface area contributed by atoms with Crippen LogP contribution < -0.4 is 4.74 Å². The smallest absolute Gasteiger partial charge is 0.255 e. The van der Waals surface area contributed by atoms with Gasteiger partial charge in [-0.05, 0) is 42.3 Å². The number of ether oxygens (including phenoxy) is 1. The standard InChI is InChI=1S/C29H33N3O5S/c1-21-18-32(22(2)20-33)38(35,36)28-14-13-24(12-11-23-8-5-4-6-9-23)16-26(28)37-27(21)19-31(3)29(34)25-10-7-15-30-17-25/h4-17,21-22,27,33H,18-20H2,1-3H3/b12-11+/t21-,22+,27+/m0/s1. The van der Waals surface area contributed by atoms with Gasteiger partial charge in [-0.1, -0.05) is 55.5 Å². The van der Waals surface area contributed by atoms with Gasteiger partial charge in [0.1, 0.15) is 16.7 Å². The molecule has 0 spiro atoms. The number of nitrogens with zero attached hydrogens (tertiary/aromatic N) is 3. The van der Waals surface area contributed by atoms with Crippen LogP contribution in [0.15, 0.2) is 78.0 Å². The van der Waals surface area contributed by atoms with E-state index in [1.54, 1.807) is 55.4 Å². The molecule has 0 aliphatic carbocycles. The molecule has 0 radical (unpaired) electrons. The number of fused-ring (bicyclic) bond motifs is 1. The van der Waals surface area contributed by atoms with Crippen LogP contribution >= 0.6 is 0 Å². The number of aliphatic hydroxyl groups is 1. The lowest BCUT2D eigenvalue weighted by Gasteiger charge is -2.37. The number of amides is 1. The van der Waals surface area contributed by atoms with Crippen molar-refractivity contribution in [2.75, 3.05) is 26.7 Å². The number of benzene rings is 2. The summed E-state index contributed by atoms with van der Waals surface area (Å²) in [6.45, 7) is 3.63. The number of aromatic nitrogens is 1. The second-order valence-corrected chi connectivity index (χ2v) is 11.5. The molecular weight excluding hydrogens is 502 g/mol. The molecule has 3 atom stereocenters. The maximum Gasteiger partial charge on any atom is 0.255 e. The Bertz CT molecular complexity index is 1380. The Balaban J connectivity index is 1.70. The third kappa shape index (κ3) is 6.12. The van der Waals surface area contributed by atoms with Crippen molar-refractivity contribution in [1.82, 2.24) is 14.2 Å². The SMILES string of the molecule is C[C@H](CO)N1C[C@H](C)[C@@H](CN(C)C(=O)c2cccnc2)Oc2cc(/C=C/c3ccccc3)ccc2S1(=O)=O. The van der Waals surface area contributed by atoms with Crippen molar-refractivity contribution in [1.29, 1.82) is 0 Å². The number of pyridine rings is 1. The maximum atomic E-state index is 13.7. The van der Waals surface area contributed by atoms with E-state index in [4.69, 9.17) is 4.74 Å². The van der Waals surface area contributed by atoms with Crippen LogP contribution in [0.25, 0.3) is 12.2 Å². The molecule has 1 aromatic heterocycles. The van der Waals surface area contributed by atoms with Crippen LogP contribution in [0.3, 0.4) is 0 Å². The fraction of sp³-hybridized carbons (Fsp3) is 0.310. The van der Waals surface area contributed by atoms with E-state index in [0.29, 0.717) is 5.56 Å². The summed E-state index contributed by atoms with van der Waals surface area (Å²) in [6.07, 6.45) is 6.46. The van der Waals surface area contributed by atoms with E-state index in [9.17, 15) is 18.3 Å². The number of carbonyl (C=O) groups is 1. The predicted octanol–water partition coefficient (Wildman–Crippen LogP) is 3.79. The van der Waals surface area contributed by atoms with Gasteiger partial charge in [0.05, 0.1) is 18.7 Å². The van der Waals surface area contributed by atoms with Gasteiger partial charge in [-0.3, -0.25) is 9.78 Å². The largest absolute Gasteiger partial charge is 0.487 e. The second-order valence-electron chi connectivity index (χ2n) is 9.62. The molecule has 1 aliphatic heterocycles. The molecule has 2 aromatic carbocycles. The fourth-order valence-corrected chi connectivity index (χ4v) is 6.21. The van der Waals surface area contributed by atoms with E-state index in [-0.39, 0.29) is 42.2 Å². The Morgan fingerprint density at radius 1 is 1.16 bits per heavy atom. The Labute approximate surface area is 224 Å². The molecular formula is C29H33N3O5S. The summed E-state index contributed by atoms with van der Waals surface area (Å²) in [5, 5.41) is 9.84. The molecule has 2 heterocycles. The number of aliphatic hydroxyl groups excluding tert-OH is 1. The van der Waals surface area contributed by atoms with Gasteiger partial charge in [0.15, 0.2) is 0 Å². The van der Waals surface area contributed by atoms with Gasteiger partial charge >= 0.3 is 0 Å². The lowest BCUT2D eigenvalue weighted by molar-refractivity contribution is 0.0563. The van der Waals surface area contributed by atoms with E-state index in [1.165, 1.54) is 10.5 Å². The van der Waals surface area contributed by atoms with Gasteiger partial charge in [0.25, 0.3) is 5.91 Å². The lowest BCUT2D eigenvalue weighted by atomic mass is 10.0. The van der Waals surface area contributed by atoms with E-state index in [2.05, 4.69) is 4.98 Å². The number of sulfonamides is 1. The molecule has 0 unspecified atom stereocenters. The number of hydrogen-bond acceptors (Lipinski definition) is 6. The van der Waals surface area contributed by atoms with Gasteiger partial charge < -0.3 is 14.7 Å². The zero-order valence-electron chi connectivity index (χ0n) is 21.8. The van der Waals surface area contributed by atoms with Crippen LogP contribution in [0, 0.1) is 5.92 Å². The molecule has 1 amide bonds. The van der Waals surface area contributed by atoms with Crippen LogP contribution in [0.4, 0.5) is 0 Å². The third-order valence-electron chi connectivity index (χ3n) is 6.67. The van der Waals surface area contributed by atoms with Crippen LogP contribution in [-0.4, -0.2) is 72.5 Å². The highest BCUT2D eigenvalue weighted by atomic mass is 32.2. The molecule has 9 heteroatoms. The predicted molar refractivity (Wildman–Crippen MR) is 147 cm³/mol. The molecule has 0 saturated carbocycles. The second kappa shape index (κ2) is 11.9. The summed E-state index contributed by atoms with van der Waals surface area (Å²) in [6, 6.07) is 17.6. The van der Waals surface area contributed by atoms with E-state index < -0.39 is 22.2 Å². The van der Waals surface area contributed by atoms with Crippen LogP contribution in [-0.2, 0) is 10.0 Å². The summed E-state index contributed by atoms with van der Waals surface area (Å²) >= 11 is 0. The van der Waals surface area contributed by atoms with Gasteiger partial charge in [-0.15, -0.1) is 0 Å². The molecule has 8 nitrogen and oxygen atoms in total. The first-order valence-electron chi connectivity index (χ1n) is 12.5. The highest BCUT2D eigenvalue weighted by Gasteiger charge is 2.38. The first kappa shape index (κ1) is 27.5. The Kier molecular flexibility index (Phi) is 8.61. The normalized spacial score (nSPS) is 20.1. The van der Waals surface area contributed by atoms with E-state index in [1.807, 2.05) is 49.4 Å². The molecule has 1 N–H and O–H groups in total. The third-order valence-corrected chi connectivity index (χ3v) is 8.69. The summed E-state index contributed by atoms with van der Waals surface area (Å²) in [4.78, 5) is 18.6. The summed E-state index contributed by atoms with van der Waals surface area (Å²) in [5.41, 5.74) is 2.24. The highest BCUT2D eigenvalue weighted by molar-refractivity contribution is 7.89. The van der Waals surface area contributed by atoms with Gasteiger partial charge in [-0.2, -0.15) is 4.31 Å². The van der Waals surface area contributed by atoms with E-state index >= 15 is 0 Å². The minimum atomic E-state index is -3.95. The van der Waals surface area contributed by atoms with Gasteiger partial charge in [0, 0.05) is 37.9 Å². The quantitative estimate of drug-likeness (QED) is 0.462. The number of likely N-dealkylation sites (N-methyl/N-ethyl adjacent to an activating group) is 1. The van der Waals surface area contributed by atoms with E-state index in [0.717, 1.165) is 11.1 Å². The van der Waals surface area contributed by atoms with Crippen molar-refractivity contribution in [3.63, 3.8) is 0 Å². The lowest BCUT2D eigenvalue weighted by Crippen LogP contribution is -2.50. The number of carbonyl (C=O) groups excluding carboxylic acids is 1. The Morgan fingerprint density at radius 2 is 1.89 bits per heavy atom. The molecule has 200 valence electrons. The summed E-state index contributed by atoms with van der Waals surface area (Å²) in [7, 11) is -2.26. The van der Waals surface area contributed by atoms with Crippen LogP contribution in [0.2, 0.25) is 0 Å². The van der Waals surface area contributed by atoms with Crippen LogP contribution in [0.1, 0.15) is 35.3 Å². The summed E-state index contributed by atoms with van der Waals surface area (Å²) in [5.74, 6) is -0.266. The average molecular weight is 536 g/mol. The highest BCUT2D eigenvalue weighted by Crippen LogP contribution is 2.34. The Hall–Kier alpha value is -3.53. The molecule has 0 bridgehead atoms. The topological polar surface area (TPSA) is 100 Å². The van der Waals surface area contributed by atoms with Crippen molar-refractivity contribution in [2.45, 2.75) is 30.9 Å². The zero-order valence-corrected chi connectivity index (χ0v) is 22.6. The fourth-order valence-electron chi connectivity index (χ4n) is 4.38. The minimum absolute atomic E-state index is 0.0350. The Morgan fingerprint density at radius 3 is 2.58 bits per heavy atom. The minimum Gasteiger partial charge on any atom is -0.487 e. The maximum absolute atomic E-state index is 13.7. The molecule has 0 saturated heterocycles. The number of rotatable bonds is 7. The molecule has 0 fully saturated rings. The summed E-state index contributed by atoms with van der Waals surface area (Å²) < 4.78 is 35.1. The van der Waals surface area contributed by atoms with Gasteiger partial charge in [-0.25, -0.2) is 8.42 Å². The zero-order chi connectivity index (χ0) is 27.3. The molecule has 4 rings (SSSR count). The van der Waals surface area contributed by atoms with Crippen molar-refractivity contribution in [3.05, 3.63) is 89.7 Å². The number of hydrogen-bond donors (Lipinski definition) is 1. The van der Waals surface area contributed by atoms with Crippen molar-refractivity contribution < 1.29 is 23.1 Å². The molecule has 3 aromatic rings. The van der Waals surface area contributed by atoms with Crippen molar-refractivity contribution >= 4 is 28.1 Å². The van der Waals surface area contributed by atoms with Crippen molar-refractivity contribution in [3.8, 4) is 5.75 Å². The monoisotopic (exact) mass is 535 g/mol. The molecule has 1 aliphatic rings. The first-order chi connectivity index (χ1) is 18.2. The average Bonchev–Trinajstić information content (AvgIpc) is 2.93. The van der Waals surface area contributed by atoms with Gasteiger partial charge in [0.2, 0.25) is 10.0 Å².